The molecule has 1 heterocycles. The third-order valence-corrected chi connectivity index (χ3v) is 2.70. The molecule has 2 rings (SSSR count). The van der Waals surface area contributed by atoms with Gasteiger partial charge in [0.2, 0.25) is 0 Å². The zero-order valence-corrected chi connectivity index (χ0v) is 10.3. The van der Waals surface area contributed by atoms with Crippen molar-refractivity contribution in [3.63, 3.8) is 0 Å². The molecule has 0 saturated carbocycles. The normalized spacial score (nSPS) is 10.8. The number of nitrogens with zero attached hydrogens (tertiary/aromatic N) is 2. The molecule has 1 aromatic carbocycles. The Bertz CT molecular complexity index is 531. The standard InChI is InChI=1S/C13H16FN3/c1-9-6-10(4-5-12(9)14)13-11(7-15-2)8-17(3)16-13/h4-6,8,15H,7H2,1-3H3. The first kappa shape index (κ1) is 11.8. The number of halogens is 1. The molecular formula is C13H16FN3. The number of aryl methyl sites for hydroxylation is 2. The van der Waals surface area contributed by atoms with Gasteiger partial charge in [-0.1, -0.05) is 0 Å². The molecule has 1 aromatic heterocycles. The first-order chi connectivity index (χ1) is 8.11. The van der Waals surface area contributed by atoms with Crippen molar-refractivity contribution in [1.29, 1.82) is 0 Å². The van der Waals surface area contributed by atoms with Crippen LogP contribution in [0.3, 0.4) is 0 Å². The predicted octanol–water partition coefficient (Wildman–Crippen LogP) is 2.25. The largest absolute Gasteiger partial charge is 0.316 e. The summed E-state index contributed by atoms with van der Waals surface area (Å²) in [6.07, 6.45) is 1.98. The number of nitrogens with one attached hydrogen (secondary N) is 1. The van der Waals surface area contributed by atoms with Gasteiger partial charge in [-0.05, 0) is 37.7 Å². The Morgan fingerprint density at radius 2 is 2.18 bits per heavy atom. The quantitative estimate of drug-likeness (QED) is 0.881. The third kappa shape index (κ3) is 2.36. The number of aromatic nitrogens is 2. The molecular weight excluding hydrogens is 217 g/mol. The molecule has 0 bridgehead atoms. The van der Waals surface area contributed by atoms with Crippen LogP contribution < -0.4 is 5.32 Å². The molecule has 0 amide bonds. The van der Waals surface area contributed by atoms with Crippen LogP contribution in [0.5, 0.6) is 0 Å². The molecule has 0 aliphatic rings. The molecule has 0 aliphatic carbocycles. The lowest BCUT2D eigenvalue weighted by Gasteiger charge is -2.03. The van der Waals surface area contributed by atoms with Crippen LogP contribution in [-0.2, 0) is 13.6 Å². The van der Waals surface area contributed by atoms with Gasteiger partial charge in [-0.25, -0.2) is 4.39 Å². The number of benzene rings is 1. The molecule has 4 heteroatoms. The summed E-state index contributed by atoms with van der Waals surface area (Å²) in [7, 11) is 3.78. The Morgan fingerprint density at radius 1 is 1.41 bits per heavy atom. The summed E-state index contributed by atoms with van der Waals surface area (Å²) in [5.74, 6) is -0.181. The minimum Gasteiger partial charge on any atom is -0.316 e. The molecule has 0 fully saturated rings. The van der Waals surface area contributed by atoms with Crippen LogP contribution in [0.4, 0.5) is 4.39 Å². The van der Waals surface area contributed by atoms with Crippen molar-refractivity contribution in [2.24, 2.45) is 7.05 Å². The third-order valence-electron chi connectivity index (χ3n) is 2.70. The number of rotatable bonds is 3. The van der Waals surface area contributed by atoms with Gasteiger partial charge in [0.05, 0.1) is 5.69 Å². The first-order valence-electron chi connectivity index (χ1n) is 5.55. The Hall–Kier alpha value is -1.68. The average molecular weight is 233 g/mol. The van der Waals surface area contributed by atoms with Crippen molar-refractivity contribution in [3.8, 4) is 11.3 Å². The molecule has 0 spiro atoms. The van der Waals surface area contributed by atoms with Crippen molar-refractivity contribution in [2.45, 2.75) is 13.5 Å². The molecule has 0 saturated heterocycles. The van der Waals surface area contributed by atoms with E-state index in [2.05, 4.69) is 10.4 Å². The minimum absolute atomic E-state index is 0.181. The Labute approximate surface area is 100 Å². The fourth-order valence-electron chi connectivity index (χ4n) is 1.89. The van der Waals surface area contributed by atoms with Gasteiger partial charge in [0.15, 0.2) is 0 Å². The van der Waals surface area contributed by atoms with E-state index in [1.165, 1.54) is 6.07 Å². The van der Waals surface area contributed by atoms with Crippen LogP contribution in [0.15, 0.2) is 24.4 Å². The molecule has 90 valence electrons. The minimum atomic E-state index is -0.181. The second-order valence-electron chi connectivity index (χ2n) is 4.17. The van der Waals surface area contributed by atoms with Gasteiger partial charge in [0.25, 0.3) is 0 Å². The van der Waals surface area contributed by atoms with E-state index >= 15 is 0 Å². The molecule has 0 aliphatic heterocycles. The molecule has 3 nitrogen and oxygen atoms in total. The van der Waals surface area contributed by atoms with Crippen molar-refractivity contribution in [3.05, 3.63) is 41.3 Å². The van der Waals surface area contributed by atoms with Crippen LogP contribution in [0.1, 0.15) is 11.1 Å². The predicted molar refractivity (Wildman–Crippen MR) is 66.1 cm³/mol. The van der Waals surface area contributed by atoms with Gasteiger partial charge in [-0.15, -0.1) is 0 Å². The summed E-state index contributed by atoms with van der Waals surface area (Å²) < 4.78 is 15.0. The summed E-state index contributed by atoms with van der Waals surface area (Å²) in [4.78, 5) is 0. The van der Waals surface area contributed by atoms with Gasteiger partial charge < -0.3 is 5.32 Å². The number of hydrogen-bond donors (Lipinski definition) is 1. The lowest BCUT2D eigenvalue weighted by Crippen LogP contribution is -2.05. The van der Waals surface area contributed by atoms with Crippen LogP contribution in [-0.4, -0.2) is 16.8 Å². The van der Waals surface area contributed by atoms with Gasteiger partial charge in [-0.3, -0.25) is 4.68 Å². The molecule has 1 N–H and O–H groups in total. The smallest absolute Gasteiger partial charge is 0.126 e. The Balaban J connectivity index is 2.47. The molecule has 0 radical (unpaired) electrons. The second-order valence-corrected chi connectivity index (χ2v) is 4.17. The van der Waals surface area contributed by atoms with Crippen LogP contribution in [0.2, 0.25) is 0 Å². The van der Waals surface area contributed by atoms with E-state index in [1.807, 2.05) is 26.4 Å². The highest BCUT2D eigenvalue weighted by Gasteiger charge is 2.10. The summed E-state index contributed by atoms with van der Waals surface area (Å²) in [6, 6.07) is 5.09. The monoisotopic (exact) mass is 233 g/mol. The van der Waals surface area contributed by atoms with Gasteiger partial charge in [-0.2, -0.15) is 5.10 Å². The van der Waals surface area contributed by atoms with E-state index in [9.17, 15) is 4.39 Å². The van der Waals surface area contributed by atoms with Crippen LogP contribution >= 0.6 is 0 Å². The van der Waals surface area contributed by atoms with E-state index < -0.39 is 0 Å². The van der Waals surface area contributed by atoms with Crippen molar-refractivity contribution >= 4 is 0 Å². The summed E-state index contributed by atoms with van der Waals surface area (Å²) >= 11 is 0. The highest BCUT2D eigenvalue weighted by atomic mass is 19.1. The maximum atomic E-state index is 13.2. The fraction of sp³-hybridized carbons (Fsp3) is 0.308. The molecule has 2 aromatic rings. The van der Waals surface area contributed by atoms with Crippen molar-refractivity contribution in [2.75, 3.05) is 7.05 Å². The lowest BCUT2D eigenvalue weighted by atomic mass is 10.1. The highest BCUT2D eigenvalue weighted by molar-refractivity contribution is 5.63. The SMILES string of the molecule is CNCc1cn(C)nc1-c1ccc(F)c(C)c1. The first-order valence-corrected chi connectivity index (χ1v) is 5.55. The van der Waals surface area contributed by atoms with Gasteiger partial charge >= 0.3 is 0 Å². The van der Waals surface area contributed by atoms with E-state index in [-0.39, 0.29) is 5.82 Å². The zero-order chi connectivity index (χ0) is 12.4. The second kappa shape index (κ2) is 4.67. The molecule has 17 heavy (non-hydrogen) atoms. The topological polar surface area (TPSA) is 29.9 Å². The van der Waals surface area contributed by atoms with E-state index in [4.69, 9.17) is 0 Å². The fourth-order valence-corrected chi connectivity index (χ4v) is 1.89. The highest BCUT2D eigenvalue weighted by Crippen LogP contribution is 2.23. The Kier molecular flexibility index (Phi) is 3.24. The Morgan fingerprint density at radius 3 is 2.82 bits per heavy atom. The number of hydrogen-bond acceptors (Lipinski definition) is 2. The summed E-state index contributed by atoms with van der Waals surface area (Å²) in [5.41, 5.74) is 3.62. The van der Waals surface area contributed by atoms with Crippen LogP contribution in [0, 0.1) is 12.7 Å². The van der Waals surface area contributed by atoms with Crippen molar-refractivity contribution in [1.82, 2.24) is 15.1 Å². The van der Waals surface area contributed by atoms with E-state index in [0.29, 0.717) is 5.56 Å². The summed E-state index contributed by atoms with van der Waals surface area (Å²) in [5, 5.41) is 7.53. The molecule has 0 atom stereocenters. The molecule has 0 unspecified atom stereocenters. The zero-order valence-electron chi connectivity index (χ0n) is 10.3. The average Bonchev–Trinajstić information content (AvgIpc) is 2.64. The van der Waals surface area contributed by atoms with E-state index in [0.717, 1.165) is 23.4 Å². The van der Waals surface area contributed by atoms with Crippen molar-refractivity contribution < 1.29 is 4.39 Å². The van der Waals surface area contributed by atoms with Gasteiger partial charge in [0.1, 0.15) is 5.82 Å². The van der Waals surface area contributed by atoms with Gasteiger partial charge in [0, 0.05) is 30.9 Å². The van der Waals surface area contributed by atoms with Crippen LogP contribution in [0.25, 0.3) is 11.3 Å². The maximum absolute atomic E-state index is 13.2. The summed E-state index contributed by atoms with van der Waals surface area (Å²) in [6.45, 7) is 2.51. The lowest BCUT2D eigenvalue weighted by molar-refractivity contribution is 0.618. The maximum Gasteiger partial charge on any atom is 0.126 e. The van der Waals surface area contributed by atoms with E-state index in [1.54, 1.807) is 17.7 Å².